The van der Waals surface area contributed by atoms with Crippen molar-refractivity contribution in [3.05, 3.63) is 22.7 Å². The highest BCUT2D eigenvalue weighted by atomic mass is 79.9. The van der Waals surface area contributed by atoms with E-state index in [-0.39, 0.29) is 6.04 Å². The Balaban J connectivity index is 2.53. The fourth-order valence-electron chi connectivity index (χ4n) is 2.24. The monoisotopic (exact) mass is 323 g/mol. The van der Waals surface area contributed by atoms with Crippen LogP contribution in [0.15, 0.2) is 22.7 Å². The molecule has 1 atom stereocenters. The average molecular weight is 324 g/mol. The number of hydrogen-bond donors (Lipinski definition) is 1. The molecule has 2 N–H and O–H groups in total. The molecule has 102 valence electrons. The van der Waals surface area contributed by atoms with Gasteiger partial charge >= 0.3 is 0 Å². The van der Waals surface area contributed by atoms with Crippen molar-refractivity contribution < 1.29 is 0 Å². The number of nitrogens with zero attached hydrogens (tertiary/aromatic N) is 4. The predicted molar refractivity (Wildman–Crippen MR) is 79.5 cm³/mol. The Labute approximate surface area is 121 Å². The fourth-order valence-corrected chi connectivity index (χ4v) is 2.69. The van der Waals surface area contributed by atoms with Crippen LogP contribution in [0, 0.1) is 5.92 Å². The summed E-state index contributed by atoms with van der Waals surface area (Å²) in [5, 5.41) is 12.1. The van der Waals surface area contributed by atoms with Crippen molar-refractivity contribution in [1.82, 2.24) is 20.2 Å². The first-order valence-corrected chi connectivity index (χ1v) is 7.17. The lowest BCUT2D eigenvalue weighted by Gasteiger charge is -2.20. The van der Waals surface area contributed by atoms with Crippen LogP contribution in [0.25, 0.3) is 11.4 Å². The van der Waals surface area contributed by atoms with Crippen molar-refractivity contribution in [2.75, 3.05) is 5.73 Å². The summed E-state index contributed by atoms with van der Waals surface area (Å²) in [6, 6.07) is 6.00. The highest BCUT2D eigenvalue weighted by Crippen LogP contribution is 2.33. The number of rotatable bonds is 4. The van der Waals surface area contributed by atoms with E-state index < -0.39 is 0 Å². The lowest BCUT2D eigenvalue weighted by atomic mass is 10.0. The van der Waals surface area contributed by atoms with Crippen molar-refractivity contribution in [2.45, 2.75) is 33.2 Å². The molecule has 6 heteroatoms. The third kappa shape index (κ3) is 2.63. The van der Waals surface area contributed by atoms with Crippen molar-refractivity contribution in [3.63, 3.8) is 0 Å². The number of hydrogen-bond acceptors (Lipinski definition) is 4. The van der Waals surface area contributed by atoms with E-state index in [4.69, 9.17) is 5.73 Å². The van der Waals surface area contributed by atoms with Gasteiger partial charge in [0.15, 0.2) is 5.82 Å². The van der Waals surface area contributed by atoms with Crippen LogP contribution < -0.4 is 5.73 Å². The number of nitrogen functional groups attached to an aromatic ring is 1. The molecule has 0 saturated carbocycles. The van der Waals surface area contributed by atoms with Crippen LogP contribution >= 0.6 is 15.9 Å². The predicted octanol–water partition coefficient (Wildman–Crippen LogP) is 3.29. The molecule has 2 rings (SSSR count). The van der Waals surface area contributed by atoms with Gasteiger partial charge in [-0.3, -0.25) is 0 Å². The van der Waals surface area contributed by atoms with Gasteiger partial charge in [-0.2, -0.15) is 0 Å². The molecule has 5 nitrogen and oxygen atoms in total. The molecule has 0 saturated heterocycles. The van der Waals surface area contributed by atoms with E-state index in [1.165, 1.54) is 0 Å². The Bertz CT molecular complexity index is 564. The summed E-state index contributed by atoms with van der Waals surface area (Å²) in [5.74, 6) is 1.21. The molecule has 2 aromatic rings. The lowest BCUT2D eigenvalue weighted by Crippen LogP contribution is -2.17. The summed E-state index contributed by atoms with van der Waals surface area (Å²) in [4.78, 5) is 0. The Hall–Kier alpha value is -1.43. The summed E-state index contributed by atoms with van der Waals surface area (Å²) in [5.41, 5.74) is 7.53. The van der Waals surface area contributed by atoms with Crippen LogP contribution in [-0.4, -0.2) is 20.2 Å². The summed E-state index contributed by atoms with van der Waals surface area (Å²) in [6.07, 6.45) is 0.982. The van der Waals surface area contributed by atoms with E-state index in [1.54, 1.807) is 0 Å². The summed E-state index contributed by atoms with van der Waals surface area (Å²) >= 11 is 3.51. The third-order valence-electron chi connectivity index (χ3n) is 3.26. The number of tetrazole rings is 1. The summed E-state index contributed by atoms with van der Waals surface area (Å²) in [7, 11) is 0. The van der Waals surface area contributed by atoms with Crippen LogP contribution in [0.4, 0.5) is 5.69 Å². The maximum atomic E-state index is 5.92. The second-order valence-electron chi connectivity index (χ2n) is 4.88. The second-order valence-corrected chi connectivity index (χ2v) is 5.67. The summed E-state index contributed by atoms with van der Waals surface area (Å²) in [6.45, 7) is 6.49. The lowest BCUT2D eigenvalue weighted by molar-refractivity contribution is 0.333. The van der Waals surface area contributed by atoms with Crippen molar-refractivity contribution in [1.29, 1.82) is 0 Å². The molecular formula is C13H18BrN5. The van der Waals surface area contributed by atoms with Crippen LogP contribution in [0.1, 0.15) is 33.2 Å². The highest BCUT2D eigenvalue weighted by molar-refractivity contribution is 9.10. The van der Waals surface area contributed by atoms with Crippen LogP contribution in [0.2, 0.25) is 0 Å². The van der Waals surface area contributed by atoms with Crippen LogP contribution in [0.3, 0.4) is 0 Å². The molecule has 1 aromatic carbocycles. The minimum Gasteiger partial charge on any atom is -0.398 e. The minimum absolute atomic E-state index is 0.276. The van der Waals surface area contributed by atoms with Gasteiger partial charge < -0.3 is 5.73 Å². The van der Waals surface area contributed by atoms with Gasteiger partial charge in [-0.25, -0.2) is 4.68 Å². The Kier molecular flexibility index (Phi) is 4.19. The van der Waals surface area contributed by atoms with Gasteiger partial charge in [0.1, 0.15) is 0 Å². The number of anilines is 1. The van der Waals surface area contributed by atoms with Gasteiger partial charge in [-0.05, 0) is 50.8 Å². The zero-order valence-electron chi connectivity index (χ0n) is 11.3. The molecule has 19 heavy (non-hydrogen) atoms. The molecule has 0 fully saturated rings. The van der Waals surface area contributed by atoms with Gasteiger partial charge in [0.25, 0.3) is 0 Å². The number of benzene rings is 1. The minimum atomic E-state index is 0.276. The Morgan fingerprint density at radius 3 is 2.74 bits per heavy atom. The first kappa shape index (κ1) is 14.0. The molecule has 1 aromatic heterocycles. The van der Waals surface area contributed by atoms with Crippen LogP contribution in [-0.2, 0) is 0 Å². The Morgan fingerprint density at radius 2 is 2.11 bits per heavy atom. The van der Waals surface area contributed by atoms with E-state index in [0.717, 1.165) is 22.3 Å². The maximum absolute atomic E-state index is 5.92. The number of halogens is 1. The maximum Gasteiger partial charge on any atom is 0.183 e. The van der Waals surface area contributed by atoms with Crippen molar-refractivity contribution in [3.8, 4) is 11.4 Å². The quantitative estimate of drug-likeness (QED) is 0.876. The number of nitrogens with two attached hydrogens (primary N) is 1. The molecule has 0 aliphatic rings. The topological polar surface area (TPSA) is 69.6 Å². The van der Waals surface area contributed by atoms with Gasteiger partial charge in [0.05, 0.1) is 10.5 Å². The molecule has 0 bridgehead atoms. The van der Waals surface area contributed by atoms with E-state index in [0.29, 0.717) is 11.6 Å². The molecule has 1 unspecified atom stereocenters. The zero-order chi connectivity index (χ0) is 14.0. The largest absolute Gasteiger partial charge is 0.398 e. The van der Waals surface area contributed by atoms with Crippen LogP contribution in [0.5, 0.6) is 0 Å². The average Bonchev–Trinajstić information content (AvgIpc) is 2.82. The highest BCUT2D eigenvalue weighted by Gasteiger charge is 2.21. The van der Waals surface area contributed by atoms with Crippen molar-refractivity contribution in [2.24, 2.45) is 5.92 Å². The molecule has 0 amide bonds. The second kappa shape index (κ2) is 5.69. The smallest absolute Gasteiger partial charge is 0.183 e. The SMILES string of the molecule is CCC(C(C)C)n1nnnc1-c1cccc(N)c1Br. The molecular weight excluding hydrogens is 306 g/mol. The number of aromatic nitrogens is 4. The molecule has 1 heterocycles. The van der Waals surface area contributed by atoms with E-state index in [9.17, 15) is 0 Å². The normalized spacial score (nSPS) is 12.9. The van der Waals surface area contributed by atoms with Gasteiger partial charge in [-0.1, -0.05) is 26.8 Å². The summed E-state index contributed by atoms with van der Waals surface area (Å²) < 4.78 is 2.73. The van der Waals surface area contributed by atoms with Crippen molar-refractivity contribution >= 4 is 21.6 Å². The zero-order valence-corrected chi connectivity index (χ0v) is 12.9. The molecule has 0 spiro atoms. The van der Waals surface area contributed by atoms with Gasteiger partial charge in [-0.15, -0.1) is 5.10 Å². The first-order valence-electron chi connectivity index (χ1n) is 6.38. The first-order chi connectivity index (χ1) is 9.06. The molecule has 0 aliphatic heterocycles. The third-order valence-corrected chi connectivity index (χ3v) is 4.15. The standard InChI is InChI=1S/C13H18BrN5/c1-4-11(8(2)3)19-13(16-17-18-19)9-6-5-7-10(15)12(9)14/h5-8,11H,4,15H2,1-3H3. The molecule has 0 aliphatic carbocycles. The molecule has 0 radical (unpaired) electrons. The fraction of sp³-hybridized carbons (Fsp3) is 0.462. The van der Waals surface area contributed by atoms with E-state index >= 15 is 0 Å². The van der Waals surface area contributed by atoms with E-state index in [1.807, 2.05) is 22.9 Å². The van der Waals surface area contributed by atoms with Gasteiger partial charge in [0.2, 0.25) is 0 Å². The van der Waals surface area contributed by atoms with Gasteiger partial charge in [0, 0.05) is 11.3 Å². The Morgan fingerprint density at radius 1 is 1.37 bits per heavy atom. The van der Waals surface area contributed by atoms with E-state index in [2.05, 4.69) is 52.2 Å².